The van der Waals surface area contributed by atoms with Crippen LogP contribution in [0.15, 0.2) is 28.9 Å². The summed E-state index contributed by atoms with van der Waals surface area (Å²) in [5.74, 6) is 0. The van der Waals surface area contributed by atoms with Gasteiger partial charge in [0.1, 0.15) is 0 Å². The lowest BCUT2D eigenvalue weighted by Gasteiger charge is -2.14. The molecule has 0 N–H and O–H groups in total. The van der Waals surface area contributed by atoms with E-state index in [-0.39, 0.29) is 0 Å². The molecule has 0 aliphatic rings. The molecule has 0 fully saturated rings. The van der Waals surface area contributed by atoms with Crippen molar-refractivity contribution in [3.05, 3.63) is 44.5 Å². The minimum Gasteiger partial charge on any atom is -0.377 e. The molecule has 0 saturated heterocycles. The average molecular weight is 271 g/mol. The SMILES string of the molecule is CN(C)c1ccc(/C=C\[N+](=O)[O-])cc1Br. The lowest BCUT2D eigenvalue weighted by molar-refractivity contribution is -0.400. The Morgan fingerprint density at radius 2 is 2.13 bits per heavy atom. The number of hydrogen-bond acceptors (Lipinski definition) is 3. The van der Waals surface area contributed by atoms with Crippen molar-refractivity contribution in [3.8, 4) is 0 Å². The normalized spacial score (nSPS) is 10.6. The van der Waals surface area contributed by atoms with E-state index < -0.39 is 4.92 Å². The van der Waals surface area contributed by atoms with Crippen LogP contribution >= 0.6 is 15.9 Å². The molecule has 0 heterocycles. The Kier molecular flexibility index (Phi) is 3.85. The van der Waals surface area contributed by atoms with Gasteiger partial charge in [-0.25, -0.2) is 0 Å². The number of hydrogen-bond donors (Lipinski definition) is 0. The Bertz CT molecular complexity index is 402. The topological polar surface area (TPSA) is 46.4 Å². The van der Waals surface area contributed by atoms with Crippen molar-refractivity contribution in [2.24, 2.45) is 0 Å². The summed E-state index contributed by atoms with van der Waals surface area (Å²) in [6.07, 6.45) is 2.39. The fraction of sp³-hybridized carbons (Fsp3) is 0.200. The summed E-state index contributed by atoms with van der Waals surface area (Å²) in [5.41, 5.74) is 1.83. The molecular formula is C10H11BrN2O2. The summed E-state index contributed by atoms with van der Waals surface area (Å²) in [5, 5.41) is 10.1. The molecule has 0 aliphatic carbocycles. The summed E-state index contributed by atoms with van der Waals surface area (Å²) in [6.45, 7) is 0. The van der Waals surface area contributed by atoms with E-state index in [9.17, 15) is 10.1 Å². The highest BCUT2D eigenvalue weighted by atomic mass is 79.9. The third kappa shape index (κ3) is 3.36. The van der Waals surface area contributed by atoms with Crippen LogP contribution in [0.3, 0.4) is 0 Å². The van der Waals surface area contributed by atoms with Gasteiger partial charge < -0.3 is 4.90 Å². The van der Waals surface area contributed by atoms with Gasteiger partial charge in [-0.3, -0.25) is 10.1 Å². The molecule has 0 radical (unpaired) electrons. The van der Waals surface area contributed by atoms with Gasteiger partial charge in [-0.15, -0.1) is 0 Å². The Morgan fingerprint density at radius 1 is 1.47 bits per heavy atom. The highest BCUT2D eigenvalue weighted by Gasteiger charge is 2.02. The van der Waals surface area contributed by atoms with E-state index >= 15 is 0 Å². The zero-order chi connectivity index (χ0) is 11.4. The lowest BCUT2D eigenvalue weighted by atomic mass is 10.2. The van der Waals surface area contributed by atoms with Crippen LogP contribution in [0.2, 0.25) is 0 Å². The van der Waals surface area contributed by atoms with E-state index in [0.29, 0.717) is 0 Å². The van der Waals surface area contributed by atoms with Crippen molar-refractivity contribution < 1.29 is 4.92 Å². The van der Waals surface area contributed by atoms with Crippen LogP contribution in [-0.2, 0) is 0 Å². The van der Waals surface area contributed by atoms with Crippen molar-refractivity contribution in [1.82, 2.24) is 0 Å². The second kappa shape index (κ2) is 4.93. The molecule has 15 heavy (non-hydrogen) atoms. The van der Waals surface area contributed by atoms with E-state index in [1.807, 2.05) is 37.2 Å². The second-order valence-electron chi connectivity index (χ2n) is 3.21. The molecule has 0 aliphatic heterocycles. The van der Waals surface area contributed by atoms with Crippen molar-refractivity contribution in [3.63, 3.8) is 0 Å². The van der Waals surface area contributed by atoms with Gasteiger partial charge in [-0.1, -0.05) is 6.07 Å². The smallest absolute Gasteiger partial charge is 0.235 e. The van der Waals surface area contributed by atoms with E-state index in [2.05, 4.69) is 15.9 Å². The van der Waals surface area contributed by atoms with Crippen LogP contribution in [0.5, 0.6) is 0 Å². The molecule has 0 unspecified atom stereocenters. The van der Waals surface area contributed by atoms with E-state index in [1.165, 1.54) is 6.08 Å². The minimum atomic E-state index is -0.478. The van der Waals surface area contributed by atoms with Crippen LogP contribution in [0.4, 0.5) is 5.69 Å². The van der Waals surface area contributed by atoms with E-state index in [4.69, 9.17) is 0 Å². The van der Waals surface area contributed by atoms with E-state index in [1.54, 1.807) is 0 Å². The highest BCUT2D eigenvalue weighted by Crippen LogP contribution is 2.26. The molecule has 0 bridgehead atoms. The van der Waals surface area contributed by atoms with Gasteiger partial charge in [0.05, 0.1) is 10.6 Å². The largest absolute Gasteiger partial charge is 0.377 e. The maximum absolute atomic E-state index is 10.1. The number of anilines is 1. The number of benzene rings is 1. The molecule has 0 aromatic heterocycles. The first-order valence-corrected chi connectivity index (χ1v) is 5.08. The molecule has 80 valence electrons. The Balaban J connectivity index is 2.96. The molecule has 0 spiro atoms. The van der Waals surface area contributed by atoms with Gasteiger partial charge >= 0.3 is 0 Å². The summed E-state index contributed by atoms with van der Waals surface area (Å²) in [6, 6.07) is 5.58. The van der Waals surface area contributed by atoms with Gasteiger partial charge in [0.25, 0.3) is 0 Å². The van der Waals surface area contributed by atoms with Crippen molar-refractivity contribution in [2.45, 2.75) is 0 Å². The van der Waals surface area contributed by atoms with Crippen molar-refractivity contribution >= 4 is 27.7 Å². The van der Waals surface area contributed by atoms with Crippen LogP contribution in [0.25, 0.3) is 6.08 Å². The zero-order valence-corrected chi connectivity index (χ0v) is 10.1. The first-order chi connectivity index (χ1) is 7.00. The Morgan fingerprint density at radius 3 is 2.60 bits per heavy atom. The summed E-state index contributed by atoms with van der Waals surface area (Å²) in [7, 11) is 3.87. The monoisotopic (exact) mass is 270 g/mol. The first kappa shape index (κ1) is 11.7. The van der Waals surface area contributed by atoms with Crippen LogP contribution < -0.4 is 4.90 Å². The highest BCUT2D eigenvalue weighted by molar-refractivity contribution is 9.10. The second-order valence-corrected chi connectivity index (χ2v) is 4.06. The van der Waals surface area contributed by atoms with Crippen molar-refractivity contribution in [2.75, 3.05) is 19.0 Å². The standard InChI is InChI=1S/C10H11BrN2O2/c1-12(2)10-4-3-8(7-9(10)11)5-6-13(14)15/h3-7H,1-2H3/b6-5-. The minimum absolute atomic E-state index is 0.478. The van der Waals surface area contributed by atoms with Gasteiger partial charge in [-0.05, 0) is 33.6 Å². The van der Waals surface area contributed by atoms with Crippen molar-refractivity contribution in [1.29, 1.82) is 0 Å². The summed E-state index contributed by atoms with van der Waals surface area (Å²) < 4.78 is 0.915. The summed E-state index contributed by atoms with van der Waals surface area (Å²) in [4.78, 5) is 11.6. The lowest BCUT2D eigenvalue weighted by Crippen LogP contribution is -2.09. The molecule has 0 atom stereocenters. The van der Waals surface area contributed by atoms with E-state index in [0.717, 1.165) is 21.9 Å². The molecule has 4 nitrogen and oxygen atoms in total. The quantitative estimate of drug-likeness (QED) is 0.627. The molecule has 5 heteroatoms. The molecule has 1 aromatic carbocycles. The van der Waals surface area contributed by atoms with Gasteiger partial charge in [0, 0.05) is 24.6 Å². The van der Waals surface area contributed by atoms with Gasteiger partial charge in [0.15, 0.2) is 0 Å². The Labute approximate surface area is 96.5 Å². The van der Waals surface area contributed by atoms with Gasteiger partial charge in [-0.2, -0.15) is 0 Å². The predicted octanol–water partition coefficient (Wildman–Crippen LogP) is 2.76. The number of halogens is 1. The predicted molar refractivity (Wildman–Crippen MR) is 64.5 cm³/mol. The van der Waals surface area contributed by atoms with Crippen LogP contribution in [-0.4, -0.2) is 19.0 Å². The van der Waals surface area contributed by atoms with Crippen LogP contribution in [0, 0.1) is 10.1 Å². The molecule has 1 aromatic rings. The molecule has 0 saturated carbocycles. The maximum Gasteiger partial charge on any atom is 0.235 e. The maximum atomic E-state index is 10.1. The van der Waals surface area contributed by atoms with Crippen LogP contribution in [0.1, 0.15) is 5.56 Å². The molecule has 1 rings (SSSR count). The fourth-order valence-electron chi connectivity index (χ4n) is 1.14. The third-order valence-electron chi connectivity index (χ3n) is 1.84. The number of nitrogens with zero attached hydrogens (tertiary/aromatic N) is 2. The fourth-order valence-corrected chi connectivity index (χ4v) is 1.89. The molecular weight excluding hydrogens is 260 g/mol. The average Bonchev–Trinajstić information content (AvgIpc) is 2.14. The third-order valence-corrected chi connectivity index (χ3v) is 2.48. The molecule has 0 amide bonds. The summed E-state index contributed by atoms with van der Waals surface area (Å²) >= 11 is 3.41. The van der Waals surface area contributed by atoms with Gasteiger partial charge in [0.2, 0.25) is 6.20 Å². The zero-order valence-electron chi connectivity index (χ0n) is 8.48. The number of rotatable bonds is 3. The Hall–Kier alpha value is -1.36. The number of nitro groups is 1. The first-order valence-electron chi connectivity index (χ1n) is 4.29.